The van der Waals surface area contributed by atoms with Gasteiger partial charge in [-0.25, -0.2) is 9.97 Å². The highest BCUT2D eigenvalue weighted by molar-refractivity contribution is 6.08. The number of anilines is 1. The van der Waals surface area contributed by atoms with Crippen LogP contribution in [0.2, 0.25) is 0 Å². The number of aromatic nitrogens is 3. The van der Waals surface area contributed by atoms with Crippen LogP contribution in [0, 0.1) is 0 Å². The molecule has 2 aliphatic heterocycles. The summed E-state index contributed by atoms with van der Waals surface area (Å²) in [5.74, 6) is 0.880. The van der Waals surface area contributed by atoms with Gasteiger partial charge in [0.25, 0.3) is 5.91 Å². The molecule has 2 aromatic heterocycles. The van der Waals surface area contributed by atoms with Crippen molar-refractivity contribution >= 4 is 17.5 Å². The summed E-state index contributed by atoms with van der Waals surface area (Å²) in [5.41, 5.74) is 1.11. The Morgan fingerprint density at radius 2 is 2.17 bits per heavy atom. The zero-order valence-electron chi connectivity index (χ0n) is 16.3. The number of oxazole rings is 1. The number of aryl methyl sites for hydroxylation is 2. The molecule has 5 rings (SSSR count). The van der Waals surface area contributed by atoms with E-state index in [-0.39, 0.29) is 11.8 Å². The quantitative estimate of drug-likeness (QED) is 0.740. The third-order valence-corrected chi connectivity index (χ3v) is 6.12. The minimum absolute atomic E-state index is 0.0992. The van der Waals surface area contributed by atoms with Gasteiger partial charge >= 0.3 is 0 Å². The summed E-state index contributed by atoms with van der Waals surface area (Å²) in [6.07, 6.45) is 5.90. The second-order valence-corrected chi connectivity index (χ2v) is 7.50. The zero-order valence-corrected chi connectivity index (χ0v) is 16.3. The summed E-state index contributed by atoms with van der Waals surface area (Å²) in [6.45, 7) is 2.34. The van der Waals surface area contributed by atoms with Crippen molar-refractivity contribution in [2.24, 2.45) is 7.05 Å². The van der Waals surface area contributed by atoms with E-state index in [0.29, 0.717) is 36.7 Å². The molecular weight excluding hydrogens is 370 g/mol. The van der Waals surface area contributed by atoms with E-state index in [0.717, 1.165) is 11.3 Å². The van der Waals surface area contributed by atoms with Crippen molar-refractivity contribution in [3.63, 3.8) is 0 Å². The van der Waals surface area contributed by atoms with Crippen molar-refractivity contribution < 1.29 is 14.0 Å². The fraction of sp³-hybridized carbons (Fsp3) is 0.333. The van der Waals surface area contributed by atoms with Crippen molar-refractivity contribution in [2.75, 3.05) is 11.9 Å². The summed E-state index contributed by atoms with van der Waals surface area (Å²) < 4.78 is 7.25. The maximum absolute atomic E-state index is 13.5. The van der Waals surface area contributed by atoms with Crippen molar-refractivity contribution in [2.45, 2.75) is 31.2 Å². The number of fused-ring (bicyclic) bond motifs is 2. The Morgan fingerprint density at radius 1 is 1.34 bits per heavy atom. The van der Waals surface area contributed by atoms with Crippen LogP contribution < -0.4 is 5.32 Å². The normalized spacial score (nSPS) is 22.9. The number of hydrogen-bond acceptors (Lipinski definition) is 5. The first-order valence-electron chi connectivity index (χ1n) is 9.69. The number of imidazole rings is 1. The lowest BCUT2D eigenvalue weighted by atomic mass is 9.74. The van der Waals surface area contributed by atoms with E-state index in [2.05, 4.69) is 15.3 Å². The van der Waals surface area contributed by atoms with Crippen LogP contribution in [0.15, 0.2) is 47.5 Å². The molecule has 148 valence electrons. The molecule has 8 nitrogen and oxygen atoms in total. The van der Waals surface area contributed by atoms with Gasteiger partial charge in [0.15, 0.2) is 12.1 Å². The highest BCUT2D eigenvalue weighted by Gasteiger charge is 2.60. The molecule has 29 heavy (non-hydrogen) atoms. The predicted octanol–water partition coefficient (Wildman–Crippen LogP) is 2.45. The predicted molar refractivity (Wildman–Crippen MR) is 104 cm³/mol. The smallest absolute Gasteiger partial charge is 0.276 e. The van der Waals surface area contributed by atoms with Crippen LogP contribution in [0.25, 0.3) is 0 Å². The molecule has 2 atom stereocenters. The topological polar surface area (TPSA) is 93.3 Å². The Bertz CT molecular complexity index is 1120. The number of nitrogens with one attached hydrogen (secondary N) is 1. The molecule has 0 aliphatic carbocycles. The highest BCUT2D eigenvalue weighted by Crippen LogP contribution is 2.54. The molecule has 1 aromatic carbocycles. The average molecular weight is 391 g/mol. The Hall–Kier alpha value is -3.42. The zero-order chi connectivity index (χ0) is 20.2. The van der Waals surface area contributed by atoms with Crippen LogP contribution in [0.5, 0.6) is 0 Å². The van der Waals surface area contributed by atoms with Crippen molar-refractivity contribution in [1.82, 2.24) is 19.4 Å². The molecule has 0 unspecified atom stereocenters. The number of nitrogens with zero attached hydrogens (tertiary/aromatic N) is 4. The van der Waals surface area contributed by atoms with E-state index in [4.69, 9.17) is 4.42 Å². The molecular formula is C21H21N5O3. The monoisotopic (exact) mass is 391 g/mol. The van der Waals surface area contributed by atoms with E-state index >= 15 is 0 Å². The Morgan fingerprint density at radius 3 is 2.93 bits per heavy atom. The minimum atomic E-state index is -0.887. The van der Waals surface area contributed by atoms with Gasteiger partial charge in [-0.3, -0.25) is 9.59 Å². The van der Waals surface area contributed by atoms with Gasteiger partial charge in [-0.15, -0.1) is 0 Å². The number of benzene rings is 1. The molecule has 2 amide bonds. The van der Waals surface area contributed by atoms with Gasteiger partial charge in [-0.2, -0.15) is 0 Å². The average Bonchev–Trinajstić information content (AvgIpc) is 3.49. The molecule has 0 bridgehead atoms. The summed E-state index contributed by atoms with van der Waals surface area (Å²) in [7, 11) is 1.88. The third kappa shape index (κ3) is 2.31. The van der Waals surface area contributed by atoms with Crippen LogP contribution in [-0.2, 0) is 23.7 Å². The van der Waals surface area contributed by atoms with Gasteiger partial charge in [0.2, 0.25) is 5.91 Å². The molecule has 0 radical (unpaired) electrons. The fourth-order valence-corrected chi connectivity index (χ4v) is 4.74. The maximum atomic E-state index is 13.5. The maximum Gasteiger partial charge on any atom is 0.276 e. The summed E-state index contributed by atoms with van der Waals surface area (Å²) in [5, 5.41) is 3.01. The largest absolute Gasteiger partial charge is 0.448 e. The van der Waals surface area contributed by atoms with E-state index in [1.165, 1.54) is 6.39 Å². The lowest BCUT2D eigenvalue weighted by molar-refractivity contribution is -0.121. The summed E-state index contributed by atoms with van der Waals surface area (Å²) >= 11 is 0. The molecule has 1 fully saturated rings. The number of rotatable bonds is 3. The van der Waals surface area contributed by atoms with Gasteiger partial charge in [-0.1, -0.05) is 25.1 Å². The lowest BCUT2D eigenvalue weighted by Crippen LogP contribution is -2.44. The molecule has 2 aliphatic rings. The van der Waals surface area contributed by atoms with Gasteiger partial charge in [-0.05, 0) is 18.1 Å². The second-order valence-electron chi connectivity index (χ2n) is 7.50. The number of carbonyl (C=O) groups is 2. The molecule has 8 heteroatoms. The molecule has 1 N–H and O–H groups in total. The standard InChI is InChI=1S/C21H21N5O3/c1-3-15-16(23-12-29-15)19(27)26-10-8-21(17(26)18-22-9-11-25(18)2)13-6-4-5-7-14(13)24-20(21)28/h4-7,9,11-12,17H,3,8,10H2,1-2H3,(H,24,28)/t17-,21+/m0/s1. The van der Waals surface area contributed by atoms with Gasteiger partial charge in [0, 0.05) is 38.1 Å². The van der Waals surface area contributed by atoms with E-state index in [9.17, 15) is 9.59 Å². The minimum Gasteiger partial charge on any atom is -0.448 e. The Labute approximate surface area is 167 Å². The molecule has 0 saturated carbocycles. The fourth-order valence-electron chi connectivity index (χ4n) is 4.74. The second kappa shape index (κ2) is 6.30. The highest BCUT2D eigenvalue weighted by atomic mass is 16.3. The van der Waals surface area contributed by atoms with E-state index in [1.54, 1.807) is 11.1 Å². The van der Waals surface area contributed by atoms with Crippen LogP contribution in [-0.4, -0.2) is 37.8 Å². The number of para-hydroxylation sites is 1. The molecule has 1 saturated heterocycles. The van der Waals surface area contributed by atoms with Crippen molar-refractivity contribution in [3.05, 3.63) is 65.9 Å². The van der Waals surface area contributed by atoms with E-state index < -0.39 is 11.5 Å². The van der Waals surface area contributed by atoms with Gasteiger partial charge in [0.05, 0.1) is 0 Å². The SMILES string of the molecule is CCc1ocnc1C(=O)N1CC[C@]2(C(=O)Nc3ccccc32)[C@@H]1c1nccn1C. The van der Waals surface area contributed by atoms with Crippen molar-refractivity contribution in [3.8, 4) is 0 Å². The van der Waals surface area contributed by atoms with E-state index in [1.807, 2.05) is 49.0 Å². The molecule has 4 heterocycles. The van der Waals surface area contributed by atoms with Crippen LogP contribution in [0.3, 0.4) is 0 Å². The summed E-state index contributed by atoms with van der Waals surface area (Å²) in [6, 6.07) is 7.14. The Kier molecular flexibility index (Phi) is 3.84. The molecule has 1 spiro atoms. The lowest BCUT2D eigenvalue weighted by Gasteiger charge is -2.33. The Balaban J connectivity index is 1.68. The number of amides is 2. The van der Waals surface area contributed by atoms with Gasteiger partial charge in [0.1, 0.15) is 23.0 Å². The number of likely N-dealkylation sites (tertiary alicyclic amines) is 1. The third-order valence-electron chi connectivity index (χ3n) is 6.12. The number of carbonyl (C=O) groups excluding carboxylic acids is 2. The number of hydrogen-bond donors (Lipinski definition) is 1. The molecule has 3 aromatic rings. The van der Waals surface area contributed by atoms with Crippen LogP contribution in [0.1, 0.15) is 47.0 Å². The van der Waals surface area contributed by atoms with Crippen molar-refractivity contribution in [1.29, 1.82) is 0 Å². The summed E-state index contributed by atoms with van der Waals surface area (Å²) in [4.78, 5) is 37.2. The first kappa shape index (κ1) is 17.7. The van der Waals surface area contributed by atoms with Gasteiger partial charge < -0.3 is 19.2 Å². The van der Waals surface area contributed by atoms with Crippen LogP contribution in [0.4, 0.5) is 5.69 Å². The van der Waals surface area contributed by atoms with Crippen LogP contribution >= 0.6 is 0 Å². The first-order valence-corrected chi connectivity index (χ1v) is 9.69. The first-order chi connectivity index (χ1) is 14.1.